The first-order valence-electron chi connectivity index (χ1n) is 7.15. The van der Waals surface area contributed by atoms with Crippen LogP contribution in [0.4, 0.5) is 5.82 Å². The third-order valence-electron chi connectivity index (χ3n) is 4.09. The summed E-state index contributed by atoms with van der Waals surface area (Å²) in [5, 5.41) is 3.37. The number of pyridine rings is 1. The zero-order valence-electron chi connectivity index (χ0n) is 12.3. The third kappa shape index (κ3) is 3.23. The van der Waals surface area contributed by atoms with Crippen molar-refractivity contribution in [3.05, 3.63) is 22.8 Å². The number of nitrogens with one attached hydrogen (secondary N) is 1. The second kappa shape index (κ2) is 6.44. The molecule has 0 radical (unpaired) electrons. The minimum atomic E-state index is 0.0317. The molecule has 0 spiro atoms. The van der Waals surface area contributed by atoms with E-state index in [2.05, 4.69) is 24.1 Å². The fourth-order valence-corrected chi connectivity index (χ4v) is 2.95. The summed E-state index contributed by atoms with van der Waals surface area (Å²) >= 11 is 6.08. The first-order chi connectivity index (χ1) is 9.52. The highest BCUT2D eigenvalue weighted by atomic mass is 35.5. The largest absolute Gasteiger partial charge is 0.372 e. The van der Waals surface area contributed by atoms with Crippen molar-refractivity contribution in [1.29, 1.82) is 0 Å². The molecule has 1 aromatic heterocycles. The minimum Gasteiger partial charge on any atom is -0.372 e. The fraction of sp³-hybridized carbons (Fsp3) is 0.600. The van der Waals surface area contributed by atoms with E-state index in [1.54, 1.807) is 19.3 Å². The number of anilines is 1. The van der Waals surface area contributed by atoms with Crippen LogP contribution in [-0.2, 0) is 0 Å². The number of likely N-dealkylation sites (tertiary alicyclic amines) is 1. The molecule has 0 aliphatic carbocycles. The molecule has 2 rings (SSSR count). The molecular weight excluding hydrogens is 274 g/mol. The second-order valence-corrected chi connectivity index (χ2v) is 6.09. The molecule has 2 heterocycles. The second-order valence-electron chi connectivity index (χ2n) is 5.68. The quantitative estimate of drug-likeness (QED) is 0.931. The van der Waals surface area contributed by atoms with Crippen LogP contribution in [0, 0.1) is 11.8 Å². The van der Waals surface area contributed by atoms with Gasteiger partial charge in [-0.3, -0.25) is 4.79 Å². The fourth-order valence-electron chi connectivity index (χ4n) is 2.69. The normalized spacial score (nSPS) is 16.6. The lowest BCUT2D eigenvalue weighted by Crippen LogP contribution is -2.39. The minimum absolute atomic E-state index is 0.0317. The molecule has 0 bridgehead atoms. The van der Waals surface area contributed by atoms with Crippen molar-refractivity contribution in [3.8, 4) is 0 Å². The number of carbonyl (C=O) groups is 1. The number of carbonyl (C=O) groups excluding carboxylic acids is 1. The lowest BCUT2D eigenvalue weighted by Gasteiger charge is -2.33. The van der Waals surface area contributed by atoms with Gasteiger partial charge in [-0.1, -0.05) is 25.4 Å². The summed E-state index contributed by atoms with van der Waals surface area (Å²) < 4.78 is 0. The average Bonchev–Trinajstić information content (AvgIpc) is 2.46. The van der Waals surface area contributed by atoms with Gasteiger partial charge in [0, 0.05) is 26.3 Å². The Bertz CT molecular complexity index is 482. The third-order valence-corrected chi connectivity index (χ3v) is 4.38. The molecule has 0 aromatic carbocycles. The van der Waals surface area contributed by atoms with E-state index in [1.165, 1.54) is 0 Å². The van der Waals surface area contributed by atoms with Crippen LogP contribution in [0.3, 0.4) is 0 Å². The van der Waals surface area contributed by atoms with Crippen molar-refractivity contribution < 1.29 is 4.79 Å². The van der Waals surface area contributed by atoms with Crippen molar-refractivity contribution in [2.45, 2.75) is 26.7 Å². The maximum Gasteiger partial charge on any atom is 0.255 e. The van der Waals surface area contributed by atoms with E-state index in [1.807, 2.05) is 4.90 Å². The lowest BCUT2D eigenvalue weighted by atomic mass is 9.86. The van der Waals surface area contributed by atoms with Crippen molar-refractivity contribution >= 4 is 23.3 Å². The van der Waals surface area contributed by atoms with Crippen LogP contribution in [-0.4, -0.2) is 35.9 Å². The van der Waals surface area contributed by atoms with Gasteiger partial charge in [0.1, 0.15) is 5.82 Å². The van der Waals surface area contributed by atoms with Gasteiger partial charge in [-0.25, -0.2) is 4.98 Å². The SMILES string of the molecule is CNc1ncc(C(=O)N2CCC(C(C)C)CC2)cc1Cl. The van der Waals surface area contributed by atoms with E-state index in [4.69, 9.17) is 11.6 Å². The smallest absolute Gasteiger partial charge is 0.255 e. The molecule has 20 heavy (non-hydrogen) atoms. The van der Waals surface area contributed by atoms with Gasteiger partial charge in [0.25, 0.3) is 5.91 Å². The number of nitrogens with zero attached hydrogens (tertiary/aromatic N) is 2. The van der Waals surface area contributed by atoms with E-state index in [0.717, 1.165) is 31.8 Å². The molecule has 1 aliphatic rings. The Morgan fingerprint density at radius 1 is 1.45 bits per heavy atom. The molecular formula is C15H22ClN3O. The van der Waals surface area contributed by atoms with Crippen molar-refractivity contribution in [3.63, 3.8) is 0 Å². The highest BCUT2D eigenvalue weighted by Gasteiger charge is 2.25. The monoisotopic (exact) mass is 295 g/mol. The highest BCUT2D eigenvalue weighted by Crippen LogP contribution is 2.26. The van der Waals surface area contributed by atoms with E-state index in [-0.39, 0.29) is 5.91 Å². The Balaban J connectivity index is 2.04. The van der Waals surface area contributed by atoms with Crippen LogP contribution in [0.5, 0.6) is 0 Å². The van der Waals surface area contributed by atoms with Gasteiger partial charge in [0.2, 0.25) is 0 Å². The maximum atomic E-state index is 12.4. The number of hydrogen-bond donors (Lipinski definition) is 1. The maximum absolute atomic E-state index is 12.4. The zero-order chi connectivity index (χ0) is 14.7. The van der Waals surface area contributed by atoms with Crippen LogP contribution < -0.4 is 5.32 Å². The Kier molecular flexibility index (Phi) is 4.86. The Morgan fingerprint density at radius 2 is 2.10 bits per heavy atom. The van der Waals surface area contributed by atoms with Crippen LogP contribution in [0.25, 0.3) is 0 Å². The molecule has 1 fully saturated rings. The van der Waals surface area contributed by atoms with Gasteiger partial charge < -0.3 is 10.2 Å². The molecule has 110 valence electrons. The molecule has 5 heteroatoms. The lowest BCUT2D eigenvalue weighted by molar-refractivity contribution is 0.0667. The van der Waals surface area contributed by atoms with E-state index in [9.17, 15) is 4.79 Å². The first-order valence-corrected chi connectivity index (χ1v) is 7.53. The molecule has 1 N–H and O–H groups in total. The standard InChI is InChI=1S/C15H22ClN3O/c1-10(2)11-4-6-19(7-5-11)15(20)12-8-13(16)14(17-3)18-9-12/h8-11H,4-7H2,1-3H3,(H,17,18). The number of piperidine rings is 1. The summed E-state index contributed by atoms with van der Waals surface area (Å²) in [6, 6.07) is 1.69. The number of aromatic nitrogens is 1. The van der Waals surface area contributed by atoms with Gasteiger partial charge in [0.05, 0.1) is 10.6 Å². The van der Waals surface area contributed by atoms with Crippen molar-refractivity contribution in [1.82, 2.24) is 9.88 Å². The topological polar surface area (TPSA) is 45.2 Å². The summed E-state index contributed by atoms with van der Waals surface area (Å²) in [4.78, 5) is 18.5. The van der Waals surface area contributed by atoms with Crippen molar-refractivity contribution in [2.75, 3.05) is 25.5 Å². The summed E-state index contributed by atoms with van der Waals surface area (Å²) in [5.74, 6) is 2.05. The van der Waals surface area contributed by atoms with Crippen LogP contribution >= 0.6 is 11.6 Å². The average molecular weight is 296 g/mol. The number of halogens is 1. The predicted octanol–water partition coefficient (Wildman–Crippen LogP) is 3.28. The summed E-state index contributed by atoms with van der Waals surface area (Å²) in [5.41, 5.74) is 0.567. The number of amides is 1. The molecule has 1 saturated heterocycles. The molecule has 1 aromatic rings. The number of hydrogen-bond acceptors (Lipinski definition) is 3. The summed E-state index contributed by atoms with van der Waals surface area (Å²) in [7, 11) is 1.76. The Labute approximate surface area is 125 Å². The Hall–Kier alpha value is -1.29. The molecule has 0 unspecified atom stereocenters. The molecule has 4 nitrogen and oxygen atoms in total. The molecule has 1 aliphatic heterocycles. The van der Waals surface area contributed by atoms with Gasteiger partial charge >= 0.3 is 0 Å². The van der Waals surface area contributed by atoms with Crippen LogP contribution in [0.2, 0.25) is 5.02 Å². The van der Waals surface area contributed by atoms with Gasteiger partial charge in [-0.05, 0) is 30.7 Å². The van der Waals surface area contributed by atoms with Gasteiger partial charge in [-0.15, -0.1) is 0 Å². The van der Waals surface area contributed by atoms with E-state index >= 15 is 0 Å². The molecule has 1 amide bonds. The van der Waals surface area contributed by atoms with E-state index < -0.39 is 0 Å². The molecule has 0 saturated carbocycles. The van der Waals surface area contributed by atoms with Gasteiger partial charge in [0.15, 0.2) is 0 Å². The Morgan fingerprint density at radius 3 is 2.60 bits per heavy atom. The van der Waals surface area contributed by atoms with Crippen LogP contribution in [0.15, 0.2) is 12.3 Å². The number of rotatable bonds is 3. The highest BCUT2D eigenvalue weighted by molar-refractivity contribution is 6.33. The summed E-state index contributed by atoms with van der Waals surface area (Å²) in [6.07, 6.45) is 3.76. The van der Waals surface area contributed by atoms with Crippen LogP contribution in [0.1, 0.15) is 37.0 Å². The first kappa shape index (κ1) is 15.1. The van der Waals surface area contributed by atoms with Gasteiger partial charge in [-0.2, -0.15) is 0 Å². The molecule has 0 atom stereocenters. The predicted molar refractivity (Wildman–Crippen MR) is 82.3 cm³/mol. The van der Waals surface area contributed by atoms with E-state index in [0.29, 0.717) is 22.3 Å². The zero-order valence-corrected chi connectivity index (χ0v) is 13.1. The summed E-state index contributed by atoms with van der Waals surface area (Å²) in [6.45, 7) is 6.16. The van der Waals surface area contributed by atoms with Crippen molar-refractivity contribution in [2.24, 2.45) is 11.8 Å².